The molecule has 1 unspecified atom stereocenters. The molecule has 0 radical (unpaired) electrons. The summed E-state index contributed by atoms with van der Waals surface area (Å²) in [6.07, 6.45) is 10.2. The fourth-order valence-corrected chi connectivity index (χ4v) is 7.09. The second-order valence-electron chi connectivity index (χ2n) is 6.01. The summed E-state index contributed by atoms with van der Waals surface area (Å²) < 4.78 is 50.8. The minimum absolute atomic E-state index is 0.213. The number of nitrogens with one attached hydrogen (secondary N) is 1. The summed E-state index contributed by atoms with van der Waals surface area (Å²) in [6.45, 7) is 0. The Morgan fingerprint density at radius 1 is 1.09 bits per heavy atom. The Hall–Kier alpha value is -1.36. The van der Waals surface area contributed by atoms with Crippen molar-refractivity contribution in [1.29, 1.82) is 0 Å². The first kappa shape index (κ1) is 18.0. The van der Waals surface area contributed by atoms with Crippen LogP contribution in [-0.2, 0) is 19.9 Å². The molecule has 1 saturated carbocycles. The molecule has 1 aliphatic rings. The SMILES string of the molecule is C#CC1(NS(=O)(=O)C(c2ccccc2)S(C)(=O)=O)CCCCC1. The molecule has 0 amide bonds. The maximum atomic E-state index is 12.8. The third kappa shape index (κ3) is 4.14. The van der Waals surface area contributed by atoms with Gasteiger partial charge in [-0.1, -0.05) is 55.5 Å². The molecule has 1 aliphatic carbocycles. The Morgan fingerprint density at radius 2 is 1.65 bits per heavy atom. The van der Waals surface area contributed by atoms with Crippen molar-refractivity contribution in [3.05, 3.63) is 35.9 Å². The standard InChI is InChI=1S/C16H21NO4S2/c1-3-16(12-8-5-9-13-16)17-23(20,21)15(22(2,18)19)14-10-6-4-7-11-14/h1,4,6-7,10-11,15,17H,5,8-9,12-13H2,2H3. The summed E-state index contributed by atoms with van der Waals surface area (Å²) in [4.78, 5) is 0. The molecule has 0 heterocycles. The van der Waals surface area contributed by atoms with Gasteiger partial charge in [0.15, 0.2) is 9.84 Å². The van der Waals surface area contributed by atoms with Gasteiger partial charge in [-0.25, -0.2) is 16.8 Å². The number of benzene rings is 1. The molecule has 1 atom stereocenters. The lowest BCUT2D eigenvalue weighted by Gasteiger charge is -2.34. The van der Waals surface area contributed by atoms with Crippen LogP contribution in [0, 0.1) is 12.3 Å². The summed E-state index contributed by atoms with van der Waals surface area (Å²) in [5.41, 5.74) is -0.778. The molecule has 7 heteroatoms. The largest absolute Gasteiger partial charge is 0.234 e. The summed E-state index contributed by atoms with van der Waals surface area (Å²) in [5.74, 6) is 2.55. The van der Waals surface area contributed by atoms with Crippen LogP contribution in [0.25, 0.3) is 0 Å². The van der Waals surface area contributed by atoms with Crippen LogP contribution in [0.1, 0.15) is 42.2 Å². The average Bonchev–Trinajstić information content (AvgIpc) is 2.47. The topological polar surface area (TPSA) is 80.3 Å². The normalized spacial score (nSPS) is 19.7. The summed E-state index contributed by atoms with van der Waals surface area (Å²) in [5, 5.41) is 0. The minimum atomic E-state index is -4.18. The van der Waals surface area contributed by atoms with Crippen molar-refractivity contribution in [2.45, 2.75) is 42.2 Å². The Labute approximate surface area is 138 Å². The number of sulfone groups is 1. The number of sulfonamides is 1. The second kappa shape index (κ2) is 6.63. The van der Waals surface area contributed by atoms with Crippen molar-refractivity contribution in [2.75, 3.05) is 6.26 Å². The van der Waals surface area contributed by atoms with Crippen molar-refractivity contribution >= 4 is 19.9 Å². The molecule has 126 valence electrons. The van der Waals surface area contributed by atoms with Crippen LogP contribution in [0.3, 0.4) is 0 Å². The zero-order valence-corrected chi connectivity index (χ0v) is 14.7. The Balaban J connectivity index is 2.44. The van der Waals surface area contributed by atoms with E-state index in [2.05, 4.69) is 10.6 Å². The lowest BCUT2D eigenvalue weighted by molar-refractivity contribution is 0.341. The Kier molecular flexibility index (Phi) is 5.19. The fourth-order valence-electron chi connectivity index (χ4n) is 3.02. The van der Waals surface area contributed by atoms with Gasteiger partial charge in [0, 0.05) is 6.26 Å². The highest BCUT2D eigenvalue weighted by molar-refractivity contribution is 8.07. The highest BCUT2D eigenvalue weighted by Crippen LogP contribution is 2.33. The van der Waals surface area contributed by atoms with Crippen molar-refractivity contribution in [2.24, 2.45) is 0 Å². The van der Waals surface area contributed by atoms with E-state index in [0.717, 1.165) is 25.5 Å². The zero-order valence-electron chi connectivity index (χ0n) is 13.0. The van der Waals surface area contributed by atoms with Crippen LogP contribution in [0.2, 0.25) is 0 Å². The van der Waals surface area contributed by atoms with Gasteiger partial charge in [0.1, 0.15) is 0 Å². The molecule has 5 nitrogen and oxygen atoms in total. The monoisotopic (exact) mass is 355 g/mol. The van der Waals surface area contributed by atoms with Crippen LogP contribution in [0.5, 0.6) is 0 Å². The molecule has 23 heavy (non-hydrogen) atoms. The van der Waals surface area contributed by atoms with E-state index in [1.54, 1.807) is 18.2 Å². The summed E-state index contributed by atoms with van der Waals surface area (Å²) in [7, 11) is -8.06. The first-order valence-electron chi connectivity index (χ1n) is 7.45. The highest BCUT2D eigenvalue weighted by atomic mass is 32.3. The second-order valence-corrected chi connectivity index (χ2v) is 10.2. The van der Waals surface area contributed by atoms with E-state index in [1.807, 2.05) is 0 Å². The van der Waals surface area contributed by atoms with Gasteiger partial charge in [-0.05, 0) is 18.4 Å². The number of hydrogen-bond donors (Lipinski definition) is 1. The fraction of sp³-hybridized carbons (Fsp3) is 0.500. The maximum absolute atomic E-state index is 12.8. The summed E-state index contributed by atoms with van der Waals surface area (Å²) >= 11 is 0. The number of hydrogen-bond acceptors (Lipinski definition) is 4. The molecular formula is C16H21NO4S2. The molecule has 1 aromatic carbocycles. The van der Waals surface area contributed by atoms with Crippen LogP contribution in [0.4, 0.5) is 0 Å². The van der Waals surface area contributed by atoms with Gasteiger partial charge in [0.25, 0.3) is 0 Å². The van der Waals surface area contributed by atoms with Crippen molar-refractivity contribution < 1.29 is 16.8 Å². The van der Waals surface area contributed by atoms with Gasteiger partial charge in [0.05, 0.1) is 5.54 Å². The molecule has 1 aromatic rings. The number of rotatable bonds is 5. The molecule has 1 N–H and O–H groups in total. The smallest absolute Gasteiger partial charge is 0.227 e. The molecule has 1 fully saturated rings. The zero-order chi connectivity index (χ0) is 17.1. The molecule has 0 saturated heterocycles. The van der Waals surface area contributed by atoms with Crippen LogP contribution < -0.4 is 4.72 Å². The third-order valence-corrected chi connectivity index (χ3v) is 8.43. The van der Waals surface area contributed by atoms with E-state index in [1.165, 1.54) is 12.1 Å². The van der Waals surface area contributed by atoms with Gasteiger partial charge < -0.3 is 0 Å². The summed E-state index contributed by atoms with van der Waals surface area (Å²) in [6, 6.07) is 7.91. The number of terminal acetylenes is 1. The third-order valence-electron chi connectivity index (χ3n) is 4.06. The predicted molar refractivity (Wildman–Crippen MR) is 90.7 cm³/mol. The molecule has 0 spiro atoms. The first-order valence-corrected chi connectivity index (χ1v) is 10.9. The average molecular weight is 355 g/mol. The molecule has 2 rings (SSSR count). The molecule has 0 aliphatic heterocycles. The van der Waals surface area contributed by atoms with Gasteiger partial charge in [-0.15, -0.1) is 6.42 Å². The molecule has 0 bridgehead atoms. The van der Waals surface area contributed by atoms with E-state index in [0.29, 0.717) is 12.8 Å². The molecular weight excluding hydrogens is 334 g/mol. The van der Waals surface area contributed by atoms with E-state index in [4.69, 9.17) is 6.42 Å². The minimum Gasteiger partial charge on any atom is -0.227 e. The quantitative estimate of drug-likeness (QED) is 0.819. The Morgan fingerprint density at radius 3 is 2.13 bits per heavy atom. The van der Waals surface area contributed by atoms with Crippen LogP contribution in [0.15, 0.2) is 30.3 Å². The van der Waals surface area contributed by atoms with Crippen molar-refractivity contribution in [3.8, 4) is 12.3 Å². The van der Waals surface area contributed by atoms with Gasteiger partial charge >= 0.3 is 0 Å². The van der Waals surface area contributed by atoms with Crippen LogP contribution >= 0.6 is 0 Å². The lowest BCUT2D eigenvalue weighted by atomic mass is 9.83. The van der Waals surface area contributed by atoms with E-state index < -0.39 is 30.0 Å². The highest BCUT2D eigenvalue weighted by Gasteiger charge is 2.42. The van der Waals surface area contributed by atoms with Gasteiger partial charge in [0.2, 0.25) is 14.6 Å². The molecule has 0 aromatic heterocycles. The van der Waals surface area contributed by atoms with Gasteiger partial charge in [-0.2, -0.15) is 4.72 Å². The van der Waals surface area contributed by atoms with Gasteiger partial charge in [-0.3, -0.25) is 0 Å². The van der Waals surface area contributed by atoms with Crippen molar-refractivity contribution in [3.63, 3.8) is 0 Å². The maximum Gasteiger partial charge on any atom is 0.234 e. The Bertz CT molecular complexity index is 786. The lowest BCUT2D eigenvalue weighted by Crippen LogP contribution is -2.50. The predicted octanol–water partition coefficient (Wildman–Crippen LogP) is 1.99. The van der Waals surface area contributed by atoms with Crippen LogP contribution in [-0.4, -0.2) is 28.6 Å². The van der Waals surface area contributed by atoms with E-state index >= 15 is 0 Å². The van der Waals surface area contributed by atoms with Crippen molar-refractivity contribution in [1.82, 2.24) is 4.72 Å². The van der Waals surface area contributed by atoms with E-state index in [9.17, 15) is 16.8 Å². The van der Waals surface area contributed by atoms with E-state index in [-0.39, 0.29) is 5.56 Å². The first-order chi connectivity index (χ1) is 10.7.